The van der Waals surface area contributed by atoms with Crippen molar-refractivity contribution in [1.29, 1.82) is 0 Å². The van der Waals surface area contributed by atoms with E-state index in [4.69, 9.17) is 4.74 Å². The second-order valence-corrected chi connectivity index (χ2v) is 12.4. The van der Waals surface area contributed by atoms with Gasteiger partial charge in [-0.15, -0.1) is 11.3 Å². The molecule has 1 aliphatic carbocycles. The van der Waals surface area contributed by atoms with Gasteiger partial charge in [-0.25, -0.2) is 4.79 Å². The number of piperazine rings is 1. The molecule has 226 valence electrons. The summed E-state index contributed by atoms with van der Waals surface area (Å²) in [6.07, 6.45) is 2.47. The van der Waals surface area contributed by atoms with Crippen molar-refractivity contribution < 1.29 is 29.0 Å². The van der Waals surface area contributed by atoms with Crippen LogP contribution in [0.15, 0.2) is 35.7 Å². The molecule has 3 unspecified atom stereocenters. The minimum Gasteiger partial charge on any atom is -0.481 e. The van der Waals surface area contributed by atoms with Crippen molar-refractivity contribution in [3.05, 3.63) is 46.2 Å². The van der Waals surface area contributed by atoms with Crippen molar-refractivity contribution in [1.82, 2.24) is 15.1 Å². The van der Waals surface area contributed by atoms with Gasteiger partial charge in [0.05, 0.1) is 37.1 Å². The van der Waals surface area contributed by atoms with E-state index in [-0.39, 0.29) is 36.4 Å². The predicted molar refractivity (Wildman–Crippen MR) is 160 cm³/mol. The van der Waals surface area contributed by atoms with E-state index in [1.165, 1.54) is 11.3 Å². The van der Waals surface area contributed by atoms with Gasteiger partial charge in [-0.2, -0.15) is 0 Å². The van der Waals surface area contributed by atoms with Crippen LogP contribution in [0, 0.1) is 5.92 Å². The highest BCUT2D eigenvalue weighted by molar-refractivity contribution is 7.10. The zero-order valence-electron chi connectivity index (χ0n) is 24.1. The number of anilines is 2. The number of nitrogens with zero attached hydrogens (tertiary/aromatic N) is 3. The highest BCUT2D eigenvalue weighted by atomic mass is 32.1. The summed E-state index contributed by atoms with van der Waals surface area (Å²) in [5, 5.41) is 17.2. The number of carbonyl (C=O) groups excluding carboxylic acids is 3. The Morgan fingerprint density at radius 1 is 1.07 bits per heavy atom. The average molecular weight is 598 g/mol. The topological polar surface area (TPSA) is 132 Å². The van der Waals surface area contributed by atoms with Crippen molar-refractivity contribution >= 4 is 46.5 Å². The molecule has 11 nitrogen and oxygen atoms in total. The summed E-state index contributed by atoms with van der Waals surface area (Å²) in [4.78, 5) is 57.9. The summed E-state index contributed by atoms with van der Waals surface area (Å²) in [5.74, 6) is -1.53. The second-order valence-electron chi connectivity index (χ2n) is 11.4. The molecule has 3 heterocycles. The van der Waals surface area contributed by atoms with Crippen LogP contribution in [0.25, 0.3) is 0 Å². The van der Waals surface area contributed by atoms with E-state index in [0.29, 0.717) is 50.6 Å². The number of rotatable bonds is 8. The molecule has 1 saturated carbocycles. The summed E-state index contributed by atoms with van der Waals surface area (Å²) >= 11 is 1.39. The lowest BCUT2D eigenvalue weighted by Gasteiger charge is -2.47. The molecule has 0 spiro atoms. The van der Waals surface area contributed by atoms with Crippen LogP contribution in [0.2, 0.25) is 0 Å². The number of ether oxygens (including phenoxy) is 1. The Morgan fingerprint density at radius 2 is 1.83 bits per heavy atom. The quantitative estimate of drug-likeness (QED) is 0.422. The molecule has 3 aliphatic rings. The van der Waals surface area contributed by atoms with Crippen molar-refractivity contribution in [3.63, 3.8) is 0 Å². The molecule has 5 rings (SSSR count). The van der Waals surface area contributed by atoms with Crippen LogP contribution in [0.3, 0.4) is 0 Å². The first-order valence-electron chi connectivity index (χ1n) is 14.6. The molecular formula is C30H39N5O6S. The van der Waals surface area contributed by atoms with Gasteiger partial charge in [0.15, 0.2) is 0 Å². The minimum absolute atomic E-state index is 0.0180. The third-order valence-corrected chi connectivity index (χ3v) is 9.37. The number of amides is 4. The van der Waals surface area contributed by atoms with Crippen LogP contribution in [0.5, 0.6) is 0 Å². The van der Waals surface area contributed by atoms with Crippen molar-refractivity contribution in [3.8, 4) is 0 Å². The maximum atomic E-state index is 13.4. The monoisotopic (exact) mass is 597 g/mol. The Morgan fingerprint density at radius 3 is 2.48 bits per heavy atom. The number of carboxylic acid groups (broad SMARTS) is 1. The van der Waals surface area contributed by atoms with Crippen molar-refractivity contribution in [2.45, 2.75) is 57.7 Å². The molecule has 2 aromatic rings. The van der Waals surface area contributed by atoms with Gasteiger partial charge in [0.1, 0.15) is 0 Å². The largest absolute Gasteiger partial charge is 0.481 e. The maximum absolute atomic E-state index is 13.4. The molecule has 3 fully saturated rings. The Balaban J connectivity index is 1.37. The Bertz CT molecular complexity index is 1290. The number of carbonyl (C=O) groups is 4. The van der Waals surface area contributed by atoms with Crippen molar-refractivity contribution in [2.24, 2.45) is 5.92 Å². The number of urea groups is 1. The van der Waals surface area contributed by atoms with Gasteiger partial charge in [0, 0.05) is 54.6 Å². The molecule has 2 aliphatic heterocycles. The Hall–Kier alpha value is -3.64. The third-order valence-electron chi connectivity index (χ3n) is 8.39. The smallest absolute Gasteiger partial charge is 0.320 e. The summed E-state index contributed by atoms with van der Waals surface area (Å²) in [5.41, 5.74) is 1.66. The fourth-order valence-corrected chi connectivity index (χ4v) is 6.50. The van der Waals surface area contributed by atoms with Gasteiger partial charge in [-0.3, -0.25) is 14.4 Å². The van der Waals surface area contributed by atoms with E-state index >= 15 is 0 Å². The minimum atomic E-state index is -1.01. The van der Waals surface area contributed by atoms with Gasteiger partial charge in [-0.1, -0.05) is 12.5 Å². The molecular weight excluding hydrogens is 558 g/mol. The SMILES string of the molecule is CC1CN(c2ccc(C(=O)NC(CC(=O)O)c3cccs3)cc2NC(=O)C2CCC2)C(C)CN1C(=O)N1CCOCC1. The molecule has 0 bridgehead atoms. The normalized spacial score (nSPS) is 21.8. The lowest BCUT2D eigenvalue weighted by Crippen LogP contribution is -2.61. The van der Waals surface area contributed by atoms with Gasteiger partial charge in [0.25, 0.3) is 5.91 Å². The van der Waals surface area contributed by atoms with Crippen LogP contribution < -0.4 is 15.5 Å². The first-order valence-corrected chi connectivity index (χ1v) is 15.5. The van der Waals surface area contributed by atoms with Gasteiger partial charge >= 0.3 is 12.0 Å². The molecule has 0 radical (unpaired) electrons. The van der Waals surface area contributed by atoms with E-state index in [1.54, 1.807) is 18.2 Å². The van der Waals surface area contributed by atoms with Gasteiger partial charge in [-0.05, 0) is 56.3 Å². The molecule has 3 atom stereocenters. The van der Waals surface area contributed by atoms with Crippen LogP contribution in [0.1, 0.15) is 60.8 Å². The van der Waals surface area contributed by atoms with Gasteiger partial charge in [0.2, 0.25) is 5.91 Å². The van der Waals surface area contributed by atoms with Crippen LogP contribution in [0.4, 0.5) is 16.2 Å². The number of aliphatic carboxylic acids is 1. The number of benzene rings is 1. The number of morpholine rings is 1. The van der Waals surface area contributed by atoms with E-state index in [1.807, 2.05) is 34.2 Å². The molecule has 2 saturated heterocycles. The third kappa shape index (κ3) is 6.70. The van der Waals surface area contributed by atoms with Crippen LogP contribution in [-0.4, -0.2) is 90.2 Å². The van der Waals surface area contributed by atoms with Crippen LogP contribution >= 0.6 is 11.3 Å². The van der Waals surface area contributed by atoms with E-state index in [9.17, 15) is 24.3 Å². The summed E-state index contributed by atoms with van der Waals surface area (Å²) < 4.78 is 5.41. The molecule has 4 amide bonds. The van der Waals surface area contributed by atoms with Crippen molar-refractivity contribution in [2.75, 3.05) is 49.6 Å². The number of carboxylic acids is 1. The molecule has 42 heavy (non-hydrogen) atoms. The maximum Gasteiger partial charge on any atom is 0.320 e. The zero-order valence-corrected chi connectivity index (χ0v) is 24.9. The first kappa shape index (κ1) is 29.8. The zero-order chi connectivity index (χ0) is 29.8. The molecule has 1 aromatic carbocycles. The number of hydrogen-bond acceptors (Lipinski definition) is 7. The van der Waals surface area contributed by atoms with Gasteiger partial charge < -0.3 is 35.2 Å². The van der Waals surface area contributed by atoms with E-state index < -0.39 is 17.9 Å². The summed E-state index contributed by atoms with van der Waals surface area (Å²) in [6.45, 7) is 7.43. The second kappa shape index (κ2) is 13.1. The summed E-state index contributed by atoms with van der Waals surface area (Å²) in [6, 6.07) is 8.09. The standard InChI is InChI=1S/C30H39N5O6S/c1-19-18-35(30(40)33-10-12-41-13-11-33)20(2)17-34(19)25-9-8-22(15-23(25)31-28(38)21-5-3-6-21)29(39)32-24(16-27(36)37)26-7-4-14-42-26/h4,7-9,14-15,19-21,24H,3,5-6,10-13,16-18H2,1-2H3,(H,31,38)(H,32,39)(H,36,37). The highest BCUT2D eigenvalue weighted by Gasteiger charge is 2.36. The predicted octanol–water partition coefficient (Wildman–Crippen LogP) is 3.78. The number of thiophene rings is 1. The Labute approximate surface area is 249 Å². The summed E-state index contributed by atoms with van der Waals surface area (Å²) in [7, 11) is 0. The first-order chi connectivity index (χ1) is 20.2. The fourth-order valence-electron chi connectivity index (χ4n) is 5.73. The molecule has 1 aromatic heterocycles. The molecule has 3 N–H and O–H groups in total. The van der Waals surface area contributed by atoms with E-state index in [2.05, 4.69) is 22.5 Å². The average Bonchev–Trinajstić information content (AvgIpc) is 3.48. The lowest BCUT2D eigenvalue weighted by atomic mass is 9.85. The molecule has 12 heteroatoms. The number of nitrogens with one attached hydrogen (secondary N) is 2. The highest BCUT2D eigenvalue weighted by Crippen LogP contribution is 2.35. The fraction of sp³-hybridized carbons (Fsp3) is 0.533. The van der Waals surface area contributed by atoms with E-state index in [0.717, 1.165) is 29.8 Å². The lowest BCUT2D eigenvalue weighted by molar-refractivity contribution is -0.137. The van der Waals surface area contributed by atoms with Crippen LogP contribution in [-0.2, 0) is 14.3 Å². The number of hydrogen-bond donors (Lipinski definition) is 3. The Kier molecular flexibility index (Phi) is 9.32.